The van der Waals surface area contributed by atoms with Gasteiger partial charge in [0.25, 0.3) is 0 Å². The van der Waals surface area contributed by atoms with E-state index >= 15 is 0 Å². The van der Waals surface area contributed by atoms with Crippen molar-refractivity contribution in [2.45, 2.75) is 45.6 Å². The van der Waals surface area contributed by atoms with E-state index in [4.69, 9.17) is 9.53 Å². The van der Waals surface area contributed by atoms with E-state index in [1.165, 1.54) is 21.1 Å². The molecule has 2 heterocycles. The van der Waals surface area contributed by atoms with Crippen molar-refractivity contribution in [2.24, 2.45) is 11.3 Å². The van der Waals surface area contributed by atoms with E-state index in [2.05, 4.69) is 4.74 Å². The molecule has 6 nitrogen and oxygen atoms in total. The summed E-state index contributed by atoms with van der Waals surface area (Å²) in [6, 6.07) is 0. The van der Waals surface area contributed by atoms with Crippen molar-refractivity contribution in [2.75, 3.05) is 37.2 Å². The predicted octanol–water partition coefficient (Wildman–Crippen LogP) is 2.56. The number of aldehydes is 1. The number of aliphatic hydroxyl groups is 1. The molecule has 0 aromatic carbocycles. The molecule has 1 atom stereocenters. The Kier molecular flexibility index (Phi) is 13.9. The lowest BCUT2D eigenvalue weighted by molar-refractivity contribution is -0.160. The lowest BCUT2D eigenvalue weighted by atomic mass is 9.77. The number of carbonyl (C=O) groups excluding carboxylic acids is 3. The second kappa shape index (κ2) is 14.3. The van der Waals surface area contributed by atoms with Gasteiger partial charge in [0.2, 0.25) is 0 Å². The first-order chi connectivity index (χ1) is 12.4. The molecule has 8 heteroatoms. The summed E-state index contributed by atoms with van der Waals surface area (Å²) in [5.41, 5.74) is -0.639. The third-order valence-electron chi connectivity index (χ3n) is 4.53. The summed E-state index contributed by atoms with van der Waals surface area (Å²) >= 11 is 3.74. The molecule has 26 heavy (non-hydrogen) atoms. The Labute approximate surface area is 165 Å². The standard InChI is InChI=1S/C9H16O3S.C7H12O2S.C2H4O/c1-7(10)9(8(11)12-2)3-5-13-6-4-9;1-9-7(8)6-2-4-10-5-3-6;1-2-3/h7,10H,3-6H2,1-2H3;6H,2-5H2,1H3;2H,1H3. The summed E-state index contributed by atoms with van der Waals surface area (Å²) < 4.78 is 9.39. The Morgan fingerprint density at radius 3 is 1.92 bits per heavy atom. The largest absolute Gasteiger partial charge is 0.469 e. The topological polar surface area (TPSA) is 89.9 Å². The second-order valence-electron chi connectivity index (χ2n) is 6.08. The van der Waals surface area contributed by atoms with Gasteiger partial charge < -0.3 is 19.4 Å². The summed E-state index contributed by atoms with van der Waals surface area (Å²) in [4.78, 5) is 31.3. The zero-order chi connectivity index (χ0) is 20.0. The number of hydrogen-bond acceptors (Lipinski definition) is 8. The van der Waals surface area contributed by atoms with Crippen LogP contribution >= 0.6 is 23.5 Å². The van der Waals surface area contributed by atoms with Gasteiger partial charge in [-0.15, -0.1) is 0 Å². The molecule has 0 aromatic heterocycles. The molecule has 0 radical (unpaired) electrons. The number of ether oxygens (including phenoxy) is 2. The summed E-state index contributed by atoms with van der Waals surface area (Å²) in [7, 11) is 2.85. The molecule has 2 fully saturated rings. The van der Waals surface area contributed by atoms with Gasteiger partial charge in [0, 0.05) is 0 Å². The van der Waals surface area contributed by atoms with Crippen LogP contribution in [0.4, 0.5) is 0 Å². The molecule has 1 N–H and O–H groups in total. The first-order valence-corrected chi connectivity index (χ1v) is 11.1. The minimum absolute atomic E-state index is 0.0275. The maximum atomic E-state index is 11.5. The number of hydrogen-bond donors (Lipinski definition) is 1. The quantitative estimate of drug-likeness (QED) is 0.563. The number of esters is 2. The summed E-state index contributed by atoms with van der Waals surface area (Å²) in [5.74, 6) is 3.98. The number of rotatable bonds is 3. The summed E-state index contributed by atoms with van der Waals surface area (Å²) in [5, 5.41) is 9.62. The molecule has 0 spiro atoms. The number of carbonyl (C=O) groups is 3. The van der Waals surface area contributed by atoms with Gasteiger partial charge in [-0.2, -0.15) is 23.5 Å². The minimum atomic E-state index is -0.639. The van der Waals surface area contributed by atoms with Crippen LogP contribution in [0.3, 0.4) is 0 Å². The zero-order valence-electron chi connectivity index (χ0n) is 16.2. The van der Waals surface area contributed by atoms with Crippen molar-refractivity contribution in [1.82, 2.24) is 0 Å². The molecule has 152 valence electrons. The SMILES string of the molecule is CC=O.COC(=O)C1(C(C)O)CCSCC1.COC(=O)C1CCSCC1. The van der Waals surface area contributed by atoms with Crippen LogP contribution in [0, 0.1) is 11.3 Å². The van der Waals surface area contributed by atoms with Gasteiger partial charge in [-0.05, 0) is 62.5 Å². The first kappa shape index (κ1) is 25.3. The van der Waals surface area contributed by atoms with Crippen molar-refractivity contribution in [1.29, 1.82) is 0 Å². The maximum Gasteiger partial charge on any atom is 0.314 e. The normalized spacial score (nSPS) is 20.2. The molecule has 2 aliphatic heterocycles. The highest BCUT2D eigenvalue weighted by Crippen LogP contribution is 2.39. The fourth-order valence-corrected chi connectivity index (χ4v) is 5.16. The monoisotopic (exact) mass is 408 g/mol. The molecule has 0 amide bonds. The third-order valence-corrected chi connectivity index (χ3v) is 6.57. The first-order valence-electron chi connectivity index (χ1n) is 8.79. The van der Waals surface area contributed by atoms with Gasteiger partial charge in [0.1, 0.15) is 6.29 Å². The van der Waals surface area contributed by atoms with E-state index in [9.17, 15) is 14.7 Å². The van der Waals surface area contributed by atoms with Crippen molar-refractivity contribution in [3.8, 4) is 0 Å². The highest BCUT2D eigenvalue weighted by molar-refractivity contribution is 7.99. The highest BCUT2D eigenvalue weighted by Gasteiger charge is 2.44. The Morgan fingerprint density at radius 2 is 1.54 bits per heavy atom. The van der Waals surface area contributed by atoms with Crippen LogP contribution in [0.5, 0.6) is 0 Å². The molecule has 2 saturated heterocycles. The summed E-state index contributed by atoms with van der Waals surface area (Å²) in [6.45, 7) is 3.12. The molecule has 0 aliphatic carbocycles. The molecular weight excluding hydrogens is 376 g/mol. The van der Waals surface area contributed by atoms with Crippen molar-refractivity contribution < 1.29 is 29.0 Å². The van der Waals surface area contributed by atoms with Crippen LogP contribution in [0.25, 0.3) is 0 Å². The van der Waals surface area contributed by atoms with Gasteiger partial charge >= 0.3 is 11.9 Å². The van der Waals surface area contributed by atoms with Crippen molar-refractivity contribution >= 4 is 41.7 Å². The van der Waals surface area contributed by atoms with Crippen molar-refractivity contribution in [3.63, 3.8) is 0 Å². The van der Waals surface area contributed by atoms with Crippen LogP contribution < -0.4 is 0 Å². The van der Waals surface area contributed by atoms with Gasteiger partial charge in [0.15, 0.2) is 0 Å². The van der Waals surface area contributed by atoms with Gasteiger partial charge in [0.05, 0.1) is 31.7 Å². The maximum absolute atomic E-state index is 11.5. The van der Waals surface area contributed by atoms with E-state index in [-0.39, 0.29) is 17.9 Å². The van der Waals surface area contributed by atoms with Crippen LogP contribution in [-0.4, -0.2) is 66.7 Å². The molecule has 2 aliphatic rings. The average Bonchev–Trinajstić information content (AvgIpc) is 2.68. The molecule has 0 bridgehead atoms. The Hall–Kier alpha value is -0.730. The van der Waals surface area contributed by atoms with E-state index in [0.29, 0.717) is 0 Å². The fourth-order valence-electron chi connectivity index (χ4n) is 2.83. The van der Waals surface area contributed by atoms with Gasteiger partial charge in [-0.1, -0.05) is 0 Å². The summed E-state index contributed by atoms with van der Waals surface area (Å²) in [6.07, 6.45) is 3.58. The third kappa shape index (κ3) is 8.31. The van der Waals surface area contributed by atoms with Crippen molar-refractivity contribution in [3.05, 3.63) is 0 Å². The smallest absolute Gasteiger partial charge is 0.314 e. The lowest BCUT2D eigenvalue weighted by Crippen LogP contribution is -2.44. The van der Waals surface area contributed by atoms with E-state index in [1.54, 1.807) is 6.92 Å². The van der Waals surface area contributed by atoms with E-state index in [1.807, 2.05) is 23.5 Å². The Balaban J connectivity index is 0.000000428. The molecule has 1 unspecified atom stereocenters. The van der Waals surface area contributed by atoms with E-state index in [0.717, 1.165) is 55.0 Å². The van der Waals surface area contributed by atoms with Crippen LogP contribution in [0.15, 0.2) is 0 Å². The van der Waals surface area contributed by atoms with Crippen LogP contribution in [0.1, 0.15) is 39.5 Å². The number of methoxy groups -OCH3 is 2. The Bertz CT molecular complexity index is 416. The highest BCUT2D eigenvalue weighted by atomic mass is 32.2. The second-order valence-corrected chi connectivity index (χ2v) is 8.53. The molecular formula is C18H32O6S2. The molecule has 0 saturated carbocycles. The van der Waals surface area contributed by atoms with Crippen LogP contribution in [0.2, 0.25) is 0 Å². The lowest BCUT2D eigenvalue weighted by Gasteiger charge is -2.36. The van der Waals surface area contributed by atoms with Gasteiger partial charge in [-0.25, -0.2) is 0 Å². The minimum Gasteiger partial charge on any atom is -0.469 e. The zero-order valence-corrected chi connectivity index (χ0v) is 17.8. The Morgan fingerprint density at radius 1 is 1.08 bits per heavy atom. The molecule has 2 rings (SSSR count). The number of thioether (sulfide) groups is 2. The van der Waals surface area contributed by atoms with E-state index < -0.39 is 11.5 Å². The number of aliphatic hydroxyl groups excluding tert-OH is 1. The van der Waals surface area contributed by atoms with Gasteiger partial charge in [-0.3, -0.25) is 9.59 Å². The van der Waals surface area contributed by atoms with Crippen LogP contribution in [-0.2, 0) is 23.9 Å². The fraction of sp³-hybridized carbons (Fsp3) is 0.833. The average molecular weight is 409 g/mol. The molecule has 0 aromatic rings. The predicted molar refractivity (Wildman–Crippen MR) is 106 cm³/mol.